The highest BCUT2D eigenvalue weighted by atomic mass is 28.3. The van der Waals surface area contributed by atoms with Gasteiger partial charge in [-0.25, -0.2) is 14.8 Å². The zero-order chi connectivity index (χ0) is 35.0. The highest BCUT2D eigenvalue weighted by molar-refractivity contribution is 6.90. The second-order valence-electron chi connectivity index (χ2n) is 14.9. The van der Waals surface area contributed by atoms with Crippen LogP contribution in [0.1, 0.15) is 72.8 Å². The van der Waals surface area contributed by atoms with Gasteiger partial charge in [0.25, 0.3) is 0 Å². The van der Waals surface area contributed by atoms with Gasteiger partial charge in [-0.1, -0.05) is 60.3 Å². The summed E-state index contributed by atoms with van der Waals surface area (Å²) in [5, 5.41) is 4.08. The first-order valence-corrected chi connectivity index (χ1v) is 19.5. The average molecular weight is 669 g/mol. The number of aromatic nitrogens is 3. The maximum atomic E-state index is 13.7. The van der Waals surface area contributed by atoms with Crippen molar-refractivity contribution in [2.24, 2.45) is 0 Å². The number of carbonyl (C=O) groups excluding carboxylic acids is 2. The van der Waals surface area contributed by atoms with Crippen LogP contribution in [0.25, 0.3) is 11.0 Å². The Balaban J connectivity index is 1.57. The molecule has 2 aliphatic rings. The van der Waals surface area contributed by atoms with E-state index in [0.29, 0.717) is 47.1 Å². The molecular formula is C37H52N8O2Si. The molecule has 1 aromatic carbocycles. The van der Waals surface area contributed by atoms with Crippen LogP contribution in [0.15, 0.2) is 36.5 Å². The number of hydrogen-bond donors (Lipinski definition) is 1. The van der Waals surface area contributed by atoms with Crippen molar-refractivity contribution in [2.75, 3.05) is 56.4 Å². The fourth-order valence-electron chi connectivity index (χ4n) is 8.01. The van der Waals surface area contributed by atoms with Crippen LogP contribution >= 0.6 is 0 Å². The Labute approximate surface area is 287 Å². The predicted octanol–water partition coefficient (Wildman–Crippen LogP) is 7.05. The summed E-state index contributed by atoms with van der Waals surface area (Å²) < 4.78 is 0. The van der Waals surface area contributed by atoms with Crippen LogP contribution in [-0.2, 0) is 4.79 Å². The van der Waals surface area contributed by atoms with Crippen molar-refractivity contribution >= 4 is 54.2 Å². The van der Waals surface area contributed by atoms with Gasteiger partial charge in [-0.15, -0.1) is 5.54 Å². The fraction of sp³-hybridized carbons (Fsp3) is 0.541. The molecule has 1 spiro atoms. The van der Waals surface area contributed by atoms with Crippen molar-refractivity contribution in [3.8, 4) is 11.5 Å². The van der Waals surface area contributed by atoms with E-state index in [4.69, 9.17) is 9.97 Å². The van der Waals surface area contributed by atoms with E-state index in [9.17, 15) is 9.59 Å². The molecule has 1 N–H and O–H groups in total. The number of nitrogens with one attached hydrogen (secondary N) is 1. The number of hydrogen-bond acceptors (Lipinski definition) is 7. The minimum atomic E-state index is -2.04. The third kappa shape index (κ3) is 6.65. The van der Waals surface area contributed by atoms with Crippen molar-refractivity contribution in [3.05, 3.63) is 42.1 Å². The number of amides is 3. The maximum Gasteiger partial charge on any atom is 0.326 e. The van der Waals surface area contributed by atoms with Gasteiger partial charge in [0.15, 0.2) is 5.65 Å². The summed E-state index contributed by atoms with van der Waals surface area (Å²) in [7, 11) is 5.37. The number of benzene rings is 1. The van der Waals surface area contributed by atoms with Crippen molar-refractivity contribution in [1.82, 2.24) is 24.8 Å². The summed E-state index contributed by atoms with van der Waals surface area (Å²) in [5.74, 6) is 4.64. The van der Waals surface area contributed by atoms with E-state index in [1.807, 2.05) is 66.2 Å². The van der Waals surface area contributed by atoms with Gasteiger partial charge in [0.05, 0.1) is 17.5 Å². The Bertz CT molecular complexity index is 1700. The number of rotatable bonds is 9. The molecule has 1 saturated heterocycles. The lowest BCUT2D eigenvalue weighted by molar-refractivity contribution is -0.118. The first-order valence-electron chi connectivity index (χ1n) is 17.2. The predicted molar refractivity (Wildman–Crippen MR) is 199 cm³/mol. The molecule has 2 fully saturated rings. The Morgan fingerprint density at radius 3 is 2.21 bits per heavy atom. The van der Waals surface area contributed by atoms with Crippen LogP contribution in [0.4, 0.5) is 27.9 Å². The number of nitrogens with zero attached hydrogens (tertiary/aromatic N) is 7. The highest BCUT2D eigenvalue weighted by Crippen LogP contribution is 2.44. The third-order valence-corrected chi connectivity index (χ3v) is 16.7. The molecule has 1 aliphatic heterocycles. The standard InChI is InChI=1S/C37H52N8O2Si/c1-25(2)48(26(3)4,27(5)6)20-17-28-21-32(45-36(47)43(9)24-37(45)18-11-12-19-37)40-34-31(28)22-38-35(41-34)39-29-13-15-30(16-14-29)44(10)33(46)23-42(7)8/h13-16,21-22,25-27H,11-12,18-19,23-24H2,1-10H3,(H,38,39,40,41). The summed E-state index contributed by atoms with van der Waals surface area (Å²) in [4.78, 5) is 48.1. The van der Waals surface area contributed by atoms with E-state index in [-0.39, 0.29) is 17.5 Å². The largest absolute Gasteiger partial charge is 0.326 e. The molecule has 256 valence electrons. The van der Waals surface area contributed by atoms with Crippen molar-refractivity contribution in [1.29, 1.82) is 0 Å². The molecule has 11 heteroatoms. The molecule has 1 aliphatic carbocycles. The molecular weight excluding hydrogens is 617 g/mol. The molecule has 0 bridgehead atoms. The summed E-state index contributed by atoms with van der Waals surface area (Å²) in [6.07, 6.45) is 5.89. The molecule has 3 heterocycles. The van der Waals surface area contributed by atoms with Gasteiger partial charge in [0.1, 0.15) is 13.9 Å². The lowest BCUT2D eigenvalue weighted by Gasteiger charge is -2.38. The Morgan fingerprint density at radius 1 is 1.00 bits per heavy atom. The molecule has 3 aromatic rings. The van der Waals surface area contributed by atoms with E-state index in [2.05, 4.69) is 63.3 Å². The molecule has 1 saturated carbocycles. The van der Waals surface area contributed by atoms with Gasteiger partial charge in [-0.05, 0) is 73.9 Å². The van der Waals surface area contributed by atoms with Gasteiger partial charge in [-0.2, -0.15) is 4.98 Å². The lowest BCUT2D eigenvalue weighted by atomic mass is 9.96. The lowest BCUT2D eigenvalue weighted by Crippen LogP contribution is -2.45. The Hall–Kier alpha value is -4.01. The van der Waals surface area contributed by atoms with Gasteiger partial charge in [-0.3, -0.25) is 9.69 Å². The minimum Gasteiger partial charge on any atom is -0.325 e. The van der Waals surface area contributed by atoms with E-state index in [1.54, 1.807) is 18.1 Å². The van der Waals surface area contributed by atoms with Gasteiger partial charge < -0.3 is 20.0 Å². The Morgan fingerprint density at radius 2 is 1.62 bits per heavy atom. The van der Waals surface area contributed by atoms with Crippen LogP contribution < -0.4 is 15.1 Å². The second kappa shape index (κ2) is 13.8. The zero-order valence-electron chi connectivity index (χ0n) is 30.4. The first kappa shape index (κ1) is 35.3. The van der Waals surface area contributed by atoms with Crippen LogP contribution in [0.5, 0.6) is 0 Å². The number of carbonyl (C=O) groups is 2. The van der Waals surface area contributed by atoms with Crippen LogP contribution in [0.3, 0.4) is 0 Å². The molecule has 0 unspecified atom stereocenters. The number of pyridine rings is 1. The number of anilines is 4. The van der Waals surface area contributed by atoms with Crippen molar-refractivity contribution < 1.29 is 9.59 Å². The van der Waals surface area contributed by atoms with Crippen molar-refractivity contribution in [2.45, 2.75) is 89.4 Å². The quantitative estimate of drug-likeness (QED) is 0.193. The molecule has 0 radical (unpaired) electrons. The molecule has 5 rings (SSSR count). The molecule has 10 nitrogen and oxygen atoms in total. The SMILES string of the molecule is CC(C)[Si](C#Cc1cc(N2C(=O)N(C)CC23CCCC3)nc2nc(Nc3ccc(N(C)C(=O)CN(C)C)cc3)ncc12)(C(C)C)C(C)C. The van der Waals surface area contributed by atoms with Gasteiger partial charge >= 0.3 is 6.03 Å². The minimum absolute atomic E-state index is 0.0107. The maximum absolute atomic E-state index is 13.7. The van der Waals surface area contributed by atoms with Crippen LogP contribution in [0, 0.1) is 11.5 Å². The number of urea groups is 1. The second-order valence-corrected chi connectivity index (χ2v) is 20.5. The van der Waals surface area contributed by atoms with E-state index in [1.165, 1.54) is 0 Å². The van der Waals surface area contributed by atoms with E-state index < -0.39 is 8.07 Å². The number of fused-ring (bicyclic) bond motifs is 1. The van der Waals surface area contributed by atoms with Crippen LogP contribution in [0.2, 0.25) is 16.6 Å². The fourth-order valence-corrected chi connectivity index (χ4v) is 13.2. The monoisotopic (exact) mass is 668 g/mol. The van der Waals surface area contributed by atoms with Gasteiger partial charge in [0.2, 0.25) is 11.9 Å². The molecule has 0 atom stereocenters. The summed E-state index contributed by atoms with van der Waals surface area (Å²) in [5.41, 5.74) is 7.95. The molecule has 48 heavy (non-hydrogen) atoms. The van der Waals surface area contributed by atoms with Gasteiger partial charge in [0, 0.05) is 43.8 Å². The number of likely N-dealkylation sites (N-methyl/N-ethyl adjacent to an activating group) is 3. The Kier molecular flexibility index (Phi) is 10.2. The van der Waals surface area contributed by atoms with Crippen LogP contribution in [-0.4, -0.2) is 91.6 Å². The molecule has 2 aromatic heterocycles. The topological polar surface area (TPSA) is 97.8 Å². The summed E-state index contributed by atoms with van der Waals surface area (Å²) >= 11 is 0. The summed E-state index contributed by atoms with van der Waals surface area (Å²) in [6, 6.07) is 9.56. The first-order chi connectivity index (χ1) is 22.7. The molecule has 3 amide bonds. The van der Waals surface area contributed by atoms with E-state index >= 15 is 0 Å². The normalized spacial score (nSPS) is 16.2. The smallest absolute Gasteiger partial charge is 0.325 e. The van der Waals surface area contributed by atoms with E-state index in [0.717, 1.165) is 48.0 Å². The summed E-state index contributed by atoms with van der Waals surface area (Å²) in [6.45, 7) is 14.9. The highest BCUT2D eigenvalue weighted by Gasteiger charge is 2.51. The zero-order valence-corrected chi connectivity index (χ0v) is 31.4. The van der Waals surface area contributed by atoms with Crippen molar-refractivity contribution in [3.63, 3.8) is 0 Å². The third-order valence-electron chi connectivity index (χ3n) is 10.5. The average Bonchev–Trinajstić information content (AvgIpc) is 3.58.